The maximum atomic E-state index is 8.89. The minimum Gasteiger partial charge on any atom is -0.368 e. The molecule has 1 aromatic carbocycles. The first-order chi connectivity index (χ1) is 10.8. The summed E-state index contributed by atoms with van der Waals surface area (Å²) in [6.07, 6.45) is 5.15. The summed E-state index contributed by atoms with van der Waals surface area (Å²) in [4.78, 5) is 6.87. The van der Waals surface area contributed by atoms with E-state index in [9.17, 15) is 0 Å². The van der Waals surface area contributed by atoms with Crippen molar-refractivity contribution in [2.75, 3.05) is 24.5 Å². The number of nitrogens with one attached hydrogen (secondary N) is 1. The SMILES string of the molecule is N#Cc1ccc(-c2cncc(N3CC4CNC(C4)C3)c2)cc1. The van der Waals surface area contributed by atoms with Crippen molar-refractivity contribution in [2.24, 2.45) is 5.92 Å². The minimum atomic E-state index is 0.623. The largest absolute Gasteiger partial charge is 0.368 e. The molecule has 1 aromatic heterocycles. The first-order valence-electron chi connectivity index (χ1n) is 7.76. The number of fused-ring (bicyclic) bond motifs is 2. The number of nitriles is 1. The average molecular weight is 290 g/mol. The second-order valence-corrected chi connectivity index (χ2v) is 6.23. The van der Waals surface area contributed by atoms with E-state index in [0.29, 0.717) is 11.6 Å². The Morgan fingerprint density at radius 1 is 1.14 bits per heavy atom. The van der Waals surface area contributed by atoms with E-state index in [1.165, 1.54) is 12.1 Å². The molecule has 0 radical (unpaired) electrons. The summed E-state index contributed by atoms with van der Waals surface area (Å²) in [5.74, 6) is 0.761. The van der Waals surface area contributed by atoms with Crippen molar-refractivity contribution in [3.05, 3.63) is 48.3 Å². The monoisotopic (exact) mass is 290 g/mol. The molecule has 3 heterocycles. The van der Waals surface area contributed by atoms with Crippen LogP contribution in [0.4, 0.5) is 5.69 Å². The highest BCUT2D eigenvalue weighted by Crippen LogP contribution is 2.29. The van der Waals surface area contributed by atoms with Gasteiger partial charge in [-0.05, 0) is 36.1 Å². The lowest BCUT2D eigenvalue weighted by Gasteiger charge is -2.32. The standard InChI is InChI=1S/C18H18N4/c19-7-13-1-3-15(4-2-13)16-6-18(10-20-9-16)22-11-14-5-17(12-22)21-8-14/h1-4,6,9-10,14,17,21H,5,8,11-12H2. The molecule has 4 nitrogen and oxygen atoms in total. The van der Waals surface area contributed by atoms with Crippen LogP contribution >= 0.6 is 0 Å². The molecular weight excluding hydrogens is 272 g/mol. The summed E-state index contributed by atoms with van der Waals surface area (Å²) in [6.45, 7) is 3.32. The molecule has 22 heavy (non-hydrogen) atoms. The van der Waals surface area contributed by atoms with E-state index in [0.717, 1.165) is 36.7 Å². The van der Waals surface area contributed by atoms with Gasteiger partial charge in [-0.2, -0.15) is 5.26 Å². The van der Waals surface area contributed by atoms with Crippen LogP contribution < -0.4 is 10.2 Å². The van der Waals surface area contributed by atoms with Crippen LogP contribution in [-0.4, -0.2) is 30.7 Å². The van der Waals surface area contributed by atoms with E-state index in [1.807, 2.05) is 36.7 Å². The van der Waals surface area contributed by atoms with Crippen LogP contribution in [0.5, 0.6) is 0 Å². The summed E-state index contributed by atoms with van der Waals surface area (Å²) in [5.41, 5.74) is 4.09. The highest BCUT2D eigenvalue weighted by molar-refractivity contribution is 5.67. The van der Waals surface area contributed by atoms with Gasteiger partial charge in [-0.15, -0.1) is 0 Å². The molecule has 2 aliphatic rings. The lowest BCUT2D eigenvalue weighted by molar-refractivity contribution is 0.474. The number of anilines is 1. The van der Waals surface area contributed by atoms with Gasteiger partial charge in [-0.25, -0.2) is 0 Å². The lowest BCUT2D eigenvalue weighted by Crippen LogP contribution is -2.41. The Balaban J connectivity index is 1.61. The highest BCUT2D eigenvalue weighted by atomic mass is 15.2. The van der Waals surface area contributed by atoms with Gasteiger partial charge in [0, 0.05) is 37.4 Å². The zero-order chi connectivity index (χ0) is 14.9. The predicted molar refractivity (Wildman–Crippen MR) is 86.5 cm³/mol. The fourth-order valence-electron chi connectivity index (χ4n) is 3.54. The van der Waals surface area contributed by atoms with Crippen LogP contribution in [0.1, 0.15) is 12.0 Å². The van der Waals surface area contributed by atoms with Gasteiger partial charge < -0.3 is 10.2 Å². The first kappa shape index (κ1) is 13.3. The van der Waals surface area contributed by atoms with E-state index in [-0.39, 0.29) is 0 Å². The highest BCUT2D eigenvalue weighted by Gasteiger charge is 2.32. The predicted octanol–water partition coefficient (Wildman–Crippen LogP) is 2.42. The summed E-state index contributed by atoms with van der Waals surface area (Å²) in [6, 6.07) is 12.7. The van der Waals surface area contributed by atoms with E-state index in [4.69, 9.17) is 5.26 Å². The second-order valence-electron chi connectivity index (χ2n) is 6.23. The van der Waals surface area contributed by atoms with Gasteiger partial charge in [0.1, 0.15) is 0 Å². The topological polar surface area (TPSA) is 52.0 Å². The fraction of sp³-hybridized carbons (Fsp3) is 0.333. The molecule has 2 bridgehead atoms. The number of aromatic nitrogens is 1. The molecule has 4 rings (SSSR count). The molecular formula is C18H18N4. The lowest BCUT2D eigenvalue weighted by atomic mass is 9.99. The van der Waals surface area contributed by atoms with Crippen LogP contribution in [0, 0.1) is 17.2 Å². The Bertz CT molecular complexity index is 705. The van der Waals surface area contributed by atoms with Crippen molar-refractivity contribution in [3.8, 4) is 17.2 Å². The van der Waals surface area contributed by atoms with Crippen molar-refractivity contribution in [2.45, 2.75) is 12.5 Å². The molecule has 2 unspecified atom stereocenters. The van der Waals surface area contributed by atoms with Crippen LogP contribution in [0.2, 0.25) is 0 Å². The van der Waals surface area contributed by atoms with E-state index in [2.05, 4.69) is 27.3 Å². The summed E-state index contributed by atoms with van der Waals surface area (Å²) >= 11 is 0. The van der Waals surface area contributed by atoms with Crippen LogP contribution in [0.3, 0.4) is 0 Å². The molecule has 2 saturated heterocycles. The van der Waals surface area contributed by atoms with Crippen molar-refractivity contribution in [1.82, 2.24) is 10.3 Å². The second kappa shape index (κ2) is 5.43. The minimum absolute atomic E-state index is 0.623. The summed E-state index contributed by atoms with van der Waals surface area (Å²) in [5, 5.41) is 12.5. The molecule has 1 N–H and O–H groups in total. The van der Waals surface area contributed by atoms with Crippen molar-refractivity contribution < 1.29 is 0 Å². The maximum absolute atomic E-state index is 8.89. The number of nitrogens with zero attached hydrogens (tertiary/aromatic N) is 3. The van der Waals surface area contributed by atoms with Gasteiger partial charge in [0.05, 0.1) is 23.5 Å². The van der Waals surface area contributed by atoms with E-state index in [1.54, 1.807) is 0 Å². The molecule has 0 spiro atoms. The normalized spacial score (nSPS) is 23.3. The fourth-order valence-corrected chi connectivity index (χ4v) is 3.54. The van der Waals surface area contributed by atoms with Gasteiger partial charge >= 0.3 is 0 Å². The zero-order valence-electron chi connectivity index (χ0n) is 12.4. The molecule has 2 aliphatic heterocycles. The summed E-state index contributed by atoms with van der Waals surface area (Å²) < 4.78 is 0. The summed E-state index contributed by atoms with van der Waals surface area (Å²) in [7, 11) is 0. The van der Waals surface area contributed by atoms with Crippen LogP contribution in [0.25, 0.3) is 11.1 Å². The average Bonchev–Trinajstić information content (AvgIpc) is 2.93. The van der Waals surface area contributed by atoms with Crippen molar-refractivity contribution >= 4 is 5.69 Å². The Labute approximate surface area is 130 Å². The van der Waals surface area contributed by atoms with E-state index < -0.39 is 0 Å². The Hall–Kier alpha value is -2.38. The number of pyridine rings is 1. The van der Waals surface area contributed by atoms with Gasteiger partial charge in [0.25, 0.3) is 0 Å². The van der Waals surface area contributed by atoms with Crippen molar-refractivity contribution in [3.63, 3.8) is 0 Å². The number of benzene rings is 1. The van der Waals surface area contributed by atoms with Crippen LogP contribution in [-0.2, 0) is 0 Å². The zero-order valence-corrected chi connectivity index (χ0v) is 12.4. The van der Waals surface area contributed by atoms with Gasteiger partial charge in [-0.3, -0.25) is 4.98 Å². The molecule has 4 heteroatoms. The molecule has 2 fully saturated rings. The first-order valence-corrected chi connectivity index (χ1v) is 7.76. The van der Waals surface area contributed by atoms with Gasteiger partial charge in [0.15, 0.2) is 0 Å². The third-order valence-corrected chi connectivity index (χ3v) is 4.67. The third kappa shape index (κ3) is 2.44. The Morgan fingerprint density at radius 3 is 2.77 bits per heavy atom. The Morgan fingerprint density at radius 2 is 2.00 bits per heavy atom. The molecule has 0 saturated carbocycles. The smallest absolute Gasteiger partial charge is 0.0991 e. The number of hydrogen-bond acceptors (Lipinski definition) is 4. The number of hydrogen-bond donors (Lipinski definition) is 1. The molecule has 110 valence electrons. The molecule has 0 amide bonds. The number of rotatable bonds is 2. The molecule has 2 aromatic rings. The molecule has 0 aliphatic carbocycles. The maximum Gasteiger partial charge on any atom is 0.0991 e. The third-order valence-electron chi connectivity index (χ3n) is 4.67. The van der Waals surface area contributed by atoms with Gasteiger partial charge in [-0.1, -0.05) is 12.1 Å². The quantitative estimate of drug-likeness (QED) is 0.923. The van der Waals surface area contributed by atoms with Crippen LogP contribution in [0.15, 0.2) is 42.7 Å². The Kier molecular flexibility index (Phi) is 3.28. The molecule has 2 atom stereocenters. The number of piperidine rings is 1. The van der Waals surface area contributed by atoms with E-state index >= 15 is 0 Å². The van der Waals surface area contributed by atoms with Crippen molar-refractivity contribution in [1.29, 1.82) is 5.26 Å². The van der Waals surface area contributed by atoms with Gasteiger partial charge in [0.2, 0.25) is 0 Å².